The highest BCUT2D eigenvalue weighted by atomic mass is 19.4. The molecule has 0 saturated carbocycles. The first-order chi connectivity index (χ1) is 23.6. The largest absolute Gasteiger partial charge is 0.416 e. The molecule has 0 bridgehead atoms. The quantitative estimate of drug-likeness (QED) is 0.126. The molecule has 0 unspecified atom stereocenters. The lowest BCUT2D eigenvalue weighted by Crippen LogP contribution is -2.44. The first-order valence-electron chi connectivity index (χ1n) is 16.2. The van der Waals surface area contributed by atoms with Crippen LogP contribution in [0.1, 0.15) is 36.4 Å². The molecule has 0 fully saturated rings. The van der Waals surface area contributed by atoms with Gasteiger partial charge in [-0.3, -0.25) is 9.59 Å². The van der Waals surface area contributed by atoms with Gasteiger partial charge in [-0.2, -0.15) is 18.2 Å². The Bertz CT molecular complexity index is 2020. The van der Waals surface area contributed by atoms with Crippen LogP contribution in [0, 0.1) is 17.0 Å². The summed E-state index contributed by atoms with van der Waals surface area (Å²) < 4.78 is 69.3. The van der Waals surface area contributed by atoms with Crippen molar-refractivity contribution in [2.45, 2.75) is 46.0 Å². The second-order valence-corrected chi connectivity index (χ2v) is 13.6. The Kier molecular flexibility index (Phi) is 10.9. The molecule has 4 aromatic carbocycles. The lowest BCUT2D eigenvalue weighted by molar-refractivity contribution is -0.137. The first-order valence-corrected chi connectivity index (χ1v) is 16.2. The normalized spacial score (nSPS) is 12.1. The number of hydrogen-bond donors (Lipinski definition) is 0. The molecule has 5 rings (SSSR count). The summed E-state index contributed by atoms with van der Waals surface area (Å²) in [7, 11) is 3.92. The fourth-order valence-electron chi connectivity index (χ4n) is 6.39. The molecule has 0 aliphatic carbocycles. The van der Waals surface area contributed by atoms with Gasteiger partial charge in [-0.1, -0.05) is 74.5 Å². The monoisotopic (exact) mass is 690 g/mol. The fraction of sp³-hybridized carbons (Fsp3) is 0.308. The second kappa shape index (κ2) is 14.9. The van der Waals surface area contributed by atoms with Gasteiger partial charge in [-0.25, -0.2) is 8.78 Å². The molecule has 1 heterocycles. The summed E-state index contributed by atoms with van der Waals surface area (Å²) in [5.74, 6) is -1.89. The SMILES string of the molecule is CN(C)CC(C)(C)CN(Cc1ccc(-c2ccc(C(F)(F)F)cc2)cc1)C(=O)Cn1c(CCc2cccc(F)c2F)nc(=O)c2ccccc21. The van der Waals surface area contributed by atoms with Crippen LogP contribution in [0.2, 0.25) is 0 Å². The Balaban J connectivity index is 1.45. The highest BCUT2D eigenvalue weighted by molar-refractivity contribution is 5.82. The minimum absolute atomic E-state index is 0.0629. The van der Waals surface area contributed by atoms with Gasteiger partial charge >= 0.3 is 6.18 Å². The van der Waals surface area contributed by atoms with Crippen molar-refractivity contribution in [3.05, 3.63) is 135 Å². The van der Waals surface area contributed by atoms with Crippen LogP contribution in [-0.4, -0.2) is 52.4 Å². The average molecular weight is 691 g/mol. The molecule has 0 saturated heterocycles. The van der Waals surface area contributed by atoms with Crippen molar-refractivity contribution in [1.82, 2.24) is 19.4 Å². The Morgan fingerprint density at radius 3 is 2.08 bits per heavy atom. The Hall–Kier alpha value is -4.90. The van der Waals surface area contributed by atoms with Gasteiger partial charge < -0.3 is 14.4 Å². The van der Waals surface area contributed by atoms with Crippen molar-refractivity contribution in [2.75, 3.05) is 27.2 Å². The van der Waals surface area contributed by atoms with Crippen LogP contribution in [0.15, 0.2) is 95.8 Å². The number of carbonyl (C=O) groups is 1. The number of hydrogen-bond acceptors (Lipinski definition) is 4. The van der Waals surface area contributed by atoms with Crippen LogP contribution in [0.4, 0.5) is 22.0 Å². The number of aromatic nitrogens is 2. The van der Waals surface area contributed by atoms with Crippen LogP contribution in [0.25, 0.3) is 22.0 Å². The van der Waals surface area contributed by atoms with Gasteiger partial charge in [0.05, 0.1) is 16.5 Å². The van der Waals surface area contributed by atoms with Crippen molar-refractivity contribution in [2.24, 2.45) is 5.41 Å². The third-order valence-electron chi connectivity index (χ3n) is 8.50. The van der Waals surface area contributed by atoms with Gasteiger partial charge in [0.1, 0.15) is 12.4 Å². The maximum atomic E-state index is 14.5. The molecule has 0 atom stereocenters. The highest BCUT2D eigenvalue weighted by Crippen LogP contribution is 2.31. The number of alkyl halides is 3. The number of aryl methyl sites for hydroxylation is 2. The van der Waals surface area contributed by atoms with Crippen LogP contribution in [0.3, 0.4) is 0 Å². The Morgan fingerprint density at radius 1 is 0.800 bits per heavy atom. The molecule has 6 nitrogen and oxygen atoms in total. The van der Waals surface area contributed by atoms with E-state index in [2.05, 4.69) is 18.8 Å². The van der Waals surface area contributed by atoms with E-state index in [1.165, 1.54) is 24.3 Å². The minimum Gasteiger partial charge on any atom is -0.336 e. The standard InChI is InChI=1S/C39H39F5N4O2/c1-38(2,24-46(3)4)25-47(22-26-12-14-27(15-13-26)28-16-19-30(20-17-28)39(42,43)44)35(49)23-48-33-11-6-5-9-31(33)37(50)45-34(48)21-18-29-8-7-10-32(40)36(29)41/h5-17,19-20H,18,21-25H2,1-4H3. The lowest BCUT2D eigenvalue weighted by Gasteiger charge is -2.35. The number of halogens is 5. The minimum atomic E-state index is -4.42. The molecule has 11 heteroatoms. The zero-order valence-corrected chi connectivity index (χ0v) is 28.4. The van der Waals surface area contributed by atoms with Gasteiger partial charge in [-0.05, 0) is 78.5 Å². The zero-order chi connectivity index (χ0) is 36.2. The summed E-state index contributed by atoms with van der Waals surface area (Å²) in [5, 5.41) is 0.333. The van der Waals surface area contributed by atoms with Crippen molar-refractivity contribution in [3.8, 4) is 11.1 Å². The van der Waals surface area contributed by atoms with Gasteiger partial charge in [0, 0.05) is 26.1 Å². The fourth-order valence-corrected chi connectivity index (χ4v) is 6.39. The van der Waals surface area contributed by atoms with Crippen molar-refractivity contribution in [3.63, 3.8) is 0 Å². The van der Waals surface area contributed by atoms with E-state index in [9.17, 15) is 31.5 Å². The summed E-state index contributed by atoms with van der Waals surface area (Å²) >= 11 is 0. The number of fused-ring (bicyclic) bond motifs is 1. The second-order valence-electron chi connectivity index (χ2n) is 13.6. The van der Waals surface area contributed by atoms with E-state index in [0.29, 0.717) is 29.6 Å². The Labute approximate surface area is 287 Å². The number of para-hydroxylation sites is 1. The molecule has 1 aromatic heterocycles. The topological polar surface area (TPSA) is 58.4 Å². The van der Waals surface area contributed by atoms with Gasteiger partial charge in [-0.15, -0.1) is 0 Å². The van der Waals surface area contributed by atoms with Crippen LogP contribution in [0.5, 0.6) is 0 Å². The molecular formula is C39H39F5N4O2. The smallest absolute Gasteiger partial charge is 0.336 e. The van der Waals surface area contributed by atoms with E-state index in [-0.39, 0.29) is 48.6 Å². The third-order valence-corrected chi connectivity index (χ3v) is 8.50. The number of benzene rings is 4. The predicted octanol–water partition coefficient (Wildman–Crippen LogP) is 7.76. The van der Waals surface area contributed by atoms with Gasteiger partial charge in [0.15, 0.2) is 11.6 Å². The molecule has 0 spiro atoms. The first kappa shape index (κ1) is 36.4. The maximum absolute atomic E-state index is 14.5. The molecule has 50 heavy (non-hydrogen) atoms. The number of rotatable bonds is 12. The van der Waals surface area contributed by atoms with Crippen LogP contribution in [-0.2, 0) is 36.9 Å². The summed E-state index contributed by atoms with van der Waals surface area (Å²) in [6, 6.07) is 23.1. The molecule has 0 aliphatic heterocycles. The lowest BCUT2D eigenvalue weighted by atomic mass is 9.91. The summed E-state index contributed by atoms with van der Waals surface area (Å²) in [5.41, 5.74) is 1.31. The van der Waals surface area contributed by atoms with Crippen molar-refractivity contribution < 1.29 is 26.7 Å². The zero-order valence-electron chi connectivity index (χ0n) is 28.4. The molecule has 0 aliphatic rings. The third kappa shape index (κ3) is 8.81. The summed E-state index contributed by atoms with van der Waals surface area (Å²) in [6.07, 6.45) is -4.27. The van der Waals surface area contributed by atoms with E-state index in [1.807, 2.05) is 43.3 Å². The van der Waals surface area contributed by atoms with E-state index in [0.717, 1.165) is 29.3 Å². The van der Waals surface area contributed by atoms with Crippen molar-refractivity contribution in [1.29, 1.82) is 0 Å². The predicted molar refractivity (Wildman–Crippen MR) is 184 cm³/mol. The number of amides is 1. The van der Waals surface area contributed by atoms with E-state index in [1.54, 1.807) is 33.7 Å². The maximum Gasteiger partial charge on any atom is 0.416 e. The molecule has 262 valence electrons. The highest BCUT2D eigenvalue weighted by Gasteiger charge is 2.30. The summed E-state index contributed by atoms with van der Waals surface area (Å²) in [6.45, 7) is 5.30. The molecule has 0 N–H and O–H groups in total. The molecule has 0 radical (unpaired) electrons. The molecule has 5 aromatic rings. The van der Waals surface area contributed by atoms with Crippen LogP contribution < -0.4 is 5.56 Å². The van der Waals surface area contributed by atoms with E-state index in [4.69, 9.17) is 0 Å². The van der Waals surface area contributed by atoms with Gasteiger partial charge in [0.2, 0.25) is 5.91 Å². The van der Waals surface area contributed by atoms with Crippen LogP contribution >= 0.6 is 0 Å². The molecule has 1 amide bonds. The van der Waals surface area contributed by atoms with Gasteiger partial charge in [0.25, 0.3) is 5.56 Å². The summed E-state index contributed by atoms with van der Waals surface area (Å²) in [4.78, 5) is 35.4. The average Bonchev–Trinajstić information content (AvgIpc) is 3.06. The van der Waals surface area contributed by atoms with Crippen molar-refractivity contribution >= 4 is 16.8 Å². The van der Waals surface area contributed by atoms with E-state index >= 15 is 0 Å². The van der Waals surface area contributed by atoms with E-state index < -0.39 is 28.9 Å². The number of nitrogens with zero attached hydrogens (tertiary/aromatic N) is 4. The Morgan fingerprint density at radius 2 is 1.44 bits per heavy atom. The number of carbonyl (C=O) groups excluding carboxylic acids is 1. The molecular weight excluding hydrogens is 651 g/mol.